The third-order valence-corrected chi connectivity index (χ3v) is 2.95. The summed E-state index contributed by atoms with van der Waals surface area (Å²) >= 11 is 0. The maximum Gasteiger partial charge on any atom is 2.00 e. The van der Waals surface area contributed by atoms with Gasteiger partial charge in [-0.1, -0.05) is 23.3 Å². The van der Waals surface area contributed by atoms with Crippen molar-refractivity contribution in [2.45, 2.75) is 0 Å². The number of rotatable bonds is 2. The molecule has 0 atom stereocenters. The second-order valence-corrected chi connectivity index (χ2v) is 4.29. The van der Waals surface area contributed by atoms with E-state index in [0.29, 0.717) is 0 Å². The van der Waals surface area contributed by atoms with Gasteiger partial charge >= 0.3 is 17.1 Å². The standard InChI is InChI=1S/2C8H7N2.Fe/c2*1-2-4-7(3-1)8-5-6-9-10-8;/h2*1-6H,(H,9,10);/q2*-1;+2. The Morgan fingerprint density at radius 2 is 1.05 bits per heavy atom. The predicted molar refractivity (Wildman–Crippen MR) is 79.2 cm³/mol. The van der Waals surface area contributed by atoms with Gasteiger partial charge in [0.15, 0.2) is 0 Å². The van der Waals surface area contributed by atoms with Gasteiger partial charge in [0.05, 0.1) is 0 Å². The van der Waals surface area contributed by atoms with Gasteiger partial charge < -0.3 is 0 Å². The van der Waals surface area contributed by atoms with Crippen LogP contribution in [0.5, 0.6) is 0 Å². The van der Waals surface area contributed by atoms with Gasteiger partial charge in [-0.05, 0) is 11.4 Å². The minimum Gasteiger partial charge on any atom is -0.297 e. The number of hydrogen-bond acceptors (Lipinski definition) is 2. The van der Waals surface area contributed by atoms with E-state index in [1.54, 1.807) is 12.4 Å². The van der Waals surface area contributed by atoms with Gasteiger partial charge in [-0.25, -0.2) is 0 Å². The van der Waals surface area contributed by atoms with Crippen molar-refractivity contribution < 1.29 is 17.1 Å². The summed E-state index contributed by atoms with van der Waals surface area (Å²) in [7, 11) is 0. The van der Waals surface area contributed by atoms with E-state index < -0.39 is 0 Å². The van der Waals surface area contributed by atoms with Crippen LogP contribution in [0, 0.1) is 0 Å². The Balaban J connectivity index is 0.000000147. The molecule has 0 saturated heterocycles. The number of nitrogens with one attached hydrogen (secondary N) is 2. The molecule has 4 aromatic rings. The fraction of sp³-hybridized carbons (Fsp3) is 0. The first-order valence-electron chi connectivity index (χ1n) is 6.36. The Kier molecular flexibility index (Phi) is 5.32. The van der Waals surface area contributed by atoms with Crippen LogP contribution in [0.25, 0.3) is 22.5 Å². The third kappa shape index (κ3) is 3.81. The Labute approximate surface area is 133 Å². The molecule has 2 aromatic carbocycles. The van der Waals surface area contributed by atoms with Crippen molar-refractivity contribution in [2.75, 3.05) is 0 Å². The average Bonchev–Trinajstić information content (AvgIpc) is 3.29. The molecule has 0 aliphatic heterocycles. The summed E-state index contributed by atoms with van der Waals surface area (Å²) in [6.07, 6.45) is 3.50. The molecule has 2 aromatic heterocycles. The smallest absolute Gasteiger partial charge is 0.297 e. The predicted octanol–water partition coefficient (Wildman–Crippen LogP) is 3.59. The zero-order valence-electron chi connectivity index (χ0n) is 11.2. The van der Waals surface area contributed by atoms with Crippen molar-refractivity contribution in [3.8, 4) is 22.5 Å². The molecular weight excluding hydrogens is 304 g/mol. The molecule has 4 nitrogen and oxygen atoms in total. The molecule has 106 valence electrons. The van der Waals surface area contributed by atoms with Crippen LogP contribution in [0.4, 0.5) is 0 Å². The molecule has 0 saturated carbocycles. The van der Waals surface area contributed by atoms with E-state index in [1.807, 2.05) is 60.7 Å². The number of aromatic nitrogens is 4. The average molecular weight is 318 g/mol. The minimum absolute atomic E-state index is 0. The summed E-state index contributed by atoms with van der Waals surface area (Å²) in [6.45, 7) is 0. The molecule has 4 rings (SSSR count). The molecule has 0 fully saturated rings. The van der Waals surface area contributed by atoms with Gasteiger partial charge in [-0.2, -0.15) is 34.5 Å². The van der Waals surface area contributed by atoms with Crippen LogP contribution in [0.15, 0.2) is 73.1 Å². The summed E-state index contributed by atoms with van der Waals surface area (Å²) in [4.78, 5) is 0. The third-order valence-electron chi connectivity index (χ3n) is 2.95. The molecule has 0 bridgehead atoms. The number of hydrogen-bond donors (Lipinski definition) is 2. The van der Waals surface area contributed by atoms with Crippen molar-refractivity contribution in [3.05, 3.63) is 73.1 Å². The van der Waals surface area contributed by atoms with E-state index in [-0.39, 0.29) is 17.1 Å². The van der Waals surface area contributed by atoms with Crippen molar-refractivity contribution in [1.82, 2.24) is 20.4 Å². The van der Waals surface area contributed by atoms with Crippen LogP contribution < -0.4 is 0 Å². The Morgan fingerprint density at radius 1 is 0.667 bits per heavy atom. The maximum absolute atomic E-state index is 3.85. The second kappa shape index (κ2) is 7.43. The SMILES string of the molecule is [Fe+2].c1cc[c-](-c2ccn[nH]2)c1.c1cc[c-](-c2ccn[nH]2)c1. The zero-order chi connectivity index (χ0) is 13.6. The molecule has 0 amide bonds. The summed E-state index contributed by atoms with van der Waals surface area (Å²) in [5.41, 5.74) is 4.53. The normalized spacial score (nSPS) is 9.52. The van der Waals surface area contributed by atoms with Crippen molar-refractivity contribution in [2.24, 2.45) is 0 Å². The Hall–Kier alpha value is -2.36. The first-order chi connectivity index (χ1) is 9.93. The van der Waals surface area contributed by atoms with Crippen molar-refractivity contribution in [1.29, 1.82) is 0 Å². The number of H-pyrrole nitrogens is 2. The van der Waals surface area contributed by atoms with Crippen LogP contribution in [0.3, 0.4) is 0 Å². The van der Waals surface area contributed by atoms with Gasteiger partial charge in [0.1, 0.15) is 0 Å². The van der Waals surface area contributed by atoms with Gasteiger partial charge in [-0.15, -0.1) is 24.3 Å². The molecule has 0 aliphatic carbocycles. The molecule has 0 aliphatic rings. The van der Waals surface area contributed by atoms with E-state index in [4.69, 9.17) is 0 Å². The first-order valence-corrected chi connectivity index (χ1v) is 6.36. The molecule has 21 heavy (non-hydrogen) atoms. The summed E-state index contributed by atoms with van der Waals surface area (Å²) in [5, 5.41) is 13.5. The molecule has 0 radical (unpaired) electrons. The van der Waals surface area contributed by atoms with Crippen LogP contribution in [0.1, 0.15) is 0 Å². The molecule has 5 heteroatoms. The molecule has 0 unspecified atom stereocenters. The van der Waals surface area contributed by atoms with Gasteiger partial charge in [-0.3, -0.25) is 10.2 Å². The van der Waals surface area contributed by atoms with Crippen LogP contribution >= 0.6 is 0 Å². The van der Waals surface area contributed by atoms with Crippen LogP contribution in [0.2, 0.25) is 0 Å². The van der Waals surface area contributed by atoms with Crippen LogP contribution in [-0.4, -0.2) is 20.4 Å². The van der Waals surface area contributed by atoms with Gasteiger partial charge in [0.2, 0.25) is 0 Å². The largest absolute Gasteiger partial charge is 2.00 e. The zero-order valence-corrected chi connectivity index (χ0v) is 12.3. The monoisotopic (exact) mass is 318 g/mol. The fourth-order valence-corrected chi connectivity index (χ4v) is 1.94. The van der Waals surface area contributed by atoms with Crippen LogP contribution in [-0.2, 0) is 17.1 Å². The van der Waals surface area contributed by atoms with E-state index in [9.17, 15) is 0 Å². The molecule has 0 spiro atoms. The topological polar surface area (TPSA) is 57.4 Å². The Bertz CT molecular complexity index is 564. The summed E-state index contributed by atoms with van der Waals surface area (Å²) in [6, 6.07) is 20.1. The molecule has 2 heterocycles. The van der Waals surface area contributed by atoms with Gasteiger partial charge in [0, 0.05) is 12.4 Å². The summed E-state index contributed by atoms with van der Waals surface area (Å²) in [5.74, 6) is 0. The van der Waals surface area contributed by atoms with E-state index >= 15 is 0 Å². The minimum atomic E-state index is 0. The second-order valence-electron chi connectivity index (χ2n) is 4.29. The molecular formula is C16H14FeN4. The van der Waals surface area contributed by atoms with E-state index in [2.05, 4.69) is 20.4 Å². The fourth-order valence-electron chi connectivity index (χ4n) is 1.94. The number of nitrogens with zero attached hydrogens (tertiary/aromatic N) is 2. The Morgan fingerprint density at radius 3 is 1.33 bits per heavy atom. The van der Waals surface area contributed by atoms with E-state index in [0.717, 1.165) is 11.4 Å². The first kappa shape index (κ1) is 15.0. The van der Waals surface area contributed by atoms with E-state index in [1.165, 1.54) is 11.1 Å². The maximum atomic E-state index is 3.85. The number of aromatic amines is 2. The molecule has 2 N–H and O–H groups in total. The van der Waals surface area contributed by atoms with Crippen molar-refractivity contribution >= 4 is 0 Å². The quantitative estimate of drug-likeness (QED) is 0.438. The van der Waals surface area contributed by atoms with Crippen molar-refractivity contribution in [3.63, 3.8) is 0 Å². The summed E-state index contributed by atoms with van der Waals surface area (Å²) < 4.78 is 0. The van der Waals surface area contributed by atoms with Gasteiger partial charge in [0.25, 0.3) is 0 Å².